The highest BCUT2D eigenvalue weighted by atomic mass is 16.5. The third-order valence-corrected chi connectivity index (χ3v) is 2.57. The van der Waals surface area contributed by atoms with E-state index in [9.17, 15) is 4.79 Å². The van der Waals surface area contributed by atoms with E-state index in [1.807, 2.05) is 26.1 Å². The lowest BCUT2D eigenvalue weighted by Gasteiger charge is -2.11. The van der Waals surface area contributed by atoms with Gasteiger partial charge in [-0.1, -0.05) is 5.16 Å². The van der Waals surface area contributed by atoms with E-state index in [4.69, 9.17) is 4.52 Å². The Bertz CT molecular complexity index is 544. The minimum absolute atomic E-state index is 0.00620. The molecule has 1 atom stereocenters. The summed E-state index contributed by atoms with van der Waals surface area (Å²) < 4.78 is 6.66. The molecule has 2 rings (SSSR count). The molecule has 0 aliphatic rings. The van der Waals surface area contributed by atoms with E-state index in [1.54, 1.807) is 17.7 Å². The van der Waals surface area contributed by atoms with Crippen LogP contribution in [0.5, 0.6) is 0 Å². The van der Waals surface area contributed by atoms with Crippen molar-refractivity contribution in [2.24, 2.45) is 0 Å². The van der Waals surface area contributed by atoms with Crippen LogP contribution in [-0.4, -0.2) is 20.8 Å². The molecule has 0 saturated carbocycles. The zero-order valence-corrected chi connectivity index (χ0v) is 10.7. The molecule has 2 aromatic heterocycles. The Balaban J connectivity index is 1.91. The van der Waals surface area contributed by atoms with Crippen molar-refractivity contribution < 1.29 is 9.32 Å². The largest absolute Gasteiger partial charge is 0.360 e. The van der Waals surface area contributed by atoms with Crippen LogP contribution in [0, 0.1) is 13.8 Å². The highest BCUT2D eigenvalue weighted by Gasteiger charge is 2.13. The maximum absolute atomic E-state index is 11.8. The molecule has 0 aliphatic heterocycles. The summed E-state index contributed by atoms with van der Waals surface area (Å²) in [5, 5.41) is 10.7. The predicted octanol–water partition coefficient (Wildman–Crippen LogP) is 2.08. The molecule has 2 heterocycles. The SMILES string of the molecule is Cc1ccn([C@H](C)CC(=O)Nc2cc(C)on2)n1. The maximum Gasteiger partial charge on any atom is 0.227 e. The summed E-state index contributed by atoms with van der Waals surface area (Å²) in [4.78, 5) is 11.8. The molecular weight excluding hydrogens is 232 g/mol. The Kier molecular flexibility index (Phi) is 3.45. The molecule has 2 aromatic rings. The first-order valence-electron chi connectivity index (χ1n) is 5.79. The van der Waals surface area contributed by atoms with Crippen molar-refractivity contribution in [2.45, 2.75) is 33.2 Å². The molecule has 1 amide bonds. The van der Waals surface area contributed by atoms with Gasteiger partial charge >= 0.3 is 0 Å². The molecule has 6 nitrogen and oxygen atoms in total. The quantitative estimate of drug-likeness (QED) is 0.899. The number of aryl methyl sites for hydroxylation is 2. The first kappa shape index (κ1) is 12.3. The summed E-state index contributed by atoms with van der Waals surface area (Å²) in [6.07, 6.45) is 2.21. The Morgan fingerprint density at radius 1 is 1.56 bits per heavy atom. The molecule has 96 valence electrons. The zero-order chi connectivity index (χ0) is 13.1. The first-order valence-corrected chi connectivity index (χ1v) is 5.79. The number of anilines is 1. The number of nitrogens with zero attached hydrogens (tertiary/aromatic N) is 3. The maximum atomic E-state index is 11.8. The van der Waals surface area contributed by atoms with E-state index in [0.717, 1.165) is 5.69 Å². The average molecular weight is 248 g/mol. The van der Waals surface area contributed by atoms with Crippen molar-refractivity contribution in [3.8, 4) is 0 Å². The van der Waals surface area contributed by atoms with Crippen LogP contribution in [0.3, 0.4) is 0 Å². The highest BCUT2D eigenvalue weighted by Crippen LogP contribution is 2.13. The number of rotatable bonds is 4. The number of nitrogens with one attached hydrogen (secondary N) is 1. The molecule has 0 aromatic carbocycles. The van der Waals surface area contributed by atoms with Gasteiger partial charge in [-0.05, 0) is 26.8 Å². The van der Waals surface area contributed by atoms with E-state index in [0.29, 0.717) is 18.0 Å². The lowest BCUT2D eigenvalue weighted by molar-refractivity contribution is -0.116. The van der Waals surface area contributed by atoms with Gasteiger partial charge in [-0.25, -0.2) is 0 Å². The smallest absolute Gasteiger partial charge is 0.227 e. The summed E-state index contributed by atoms with van der Waals surface area (Å²) in [7, 11) is 0. The van der Waals surface area contributed by atoms with Crippen LogP contribution in [0.25, 0.3) is 0 Å². The van der Waals surface area contributed by atoms with Crippen LogP contribution in [0.2, 0.25) is 0 Å². The second kappa shape index (κ2) is 5.03. The molecule has 0 saturated heterocycles. The summed E-state index contributed by atoms with van der Waals surface area (Å²) >= 11 is 0. The van der Waals surface area contributed by atoms with E-state index >= 15 is 0 Å². The third kappa shape index (κ3) is 2.97. The van der Waals surface area contributed by atoms with Crippen LogP contribution in [0.15, 0.2) is 22.9 Å². The van der Waals surface area contributed by atoms with Crippen molar-refractivity contribution in [3.63, 3.8) is 0 Å². The number of amides is 1. The standard InChI is InChI=1S/C12H16N4O2/c1-8-4-5-16(14-8)9(2)6-12(17)13-11-7-10(3)18-15-11/h4-5,7,9H,6H2,1-3H3,(H,13,15,17)/t9-/m1/s1. The van der Waals surface area contributed by atoms with E-state index < -0.39 is 0 Å². The molecule has 0 aliphatic carbocycles. The Morgan fingerprint density at radius 2 is 2.33 bits per heavy atom. The van der Waals surface area contributed by atoms with Crippen LogP contribution in [0.4, 0.5) is 5.82 Å². The number of aromatic nitrogens is 3. The van der Waals surface area contributed by atoms with Crippen molar-refractivity contribution in [1.82, 2.24) is 14.9 Å². The monoisotopic (exact) mass is 248 g/mol. The van der Waals surface area contributed by atoms with Gasteiger partial charge in [0.25, 0.3) is 0 Å². The van der Waals surface area contributed by atoms with Gasteiger partial charge in [-0.2, -0.15) is 5.10 Å². The lowest BCUT2D eigenvalue weighted by Crippen LogP contribution is -2.18. The van der Waals surface area contributed by atoms with Gasteiger partial charge in [-0.3, -0.25) is 9.48 Å². The minimum Gasteiger partial charge on any atom is -0.360 e. The fraction of sp³-hybridized carbons (Fsp3) is 0.417. The van der Waals surface area contributed by atoms with Crippen molar-refractivity contribution >= 4 is 11.7 Å². The predicted molar refractivity (Wildman–Crippen MR) is 66.2 cm³/mol. The van der Waals surface area contributed by atoms with Gasteiger partial charge in [0.2, 0.25) is 5.91 Å². The van der Waals surface area contributed by atoms with E-state index in [2.05, 4.69) is 15.6 Å². The van der Waals surface area contributed by atoms with E-state index in [1.165, 1.54) is 0 Å². The van der Waals surface area contributed by atoms with Crippen LogP contribution >= 0.6 is 0 Å². The lowest BCUT2D eigenvalue weighted by atomic mass is 10.2. The summed E-state index contributed by atoms with van der Waals surface area (Å²) in [5.74, 6) is 1.01. The molecule has 18 heavy (non-hydrogen) atoms. The third-order valence-electron chi connectivity index (χ3n) is 2.57. The molecule has 6 heteroatoms. The van der Waals surface area contributed by atoms with Gasteiger partial charge in [-0.15, -0.1) is 0 Å². The van der Waals surface area contributed by atoms with Crippen LogP contribution in [0.1, 0.15) is 30.8 Å². The normalized spacial score (nSPS) is 12.4. The first-order chi connectivity index (χ1) is 8.54. The molecule has 0 radical (unpaired) electrons. The number of hydrogen-bond acceptors (Lipinski definition) is 4. The van der Waals surface area contributed by atoms with Gasteiger partial charge in [0.05, 0.1) is 11.7 Å². The highest BCUT2D eigenvalue weighted by molar-refractivity contribution is 5.89. The molecule has 1 N–H and O–H groups in total. The summed E-state index contributed by atoms with van der Waals surface area (Å²) in [6, 6.07) is 3.60. The molecule has 0 spiro atoms. The van der Waals surface area contributed by atoms with Crippen molar-refractivity contribution in [2.75, 3.05) is 5.32 Å². The van der Waals surface area contributed by atoms with Gasteiger partial charge < -0.3 is 9.84 Å². The summed E-state index contributed by atoms with van der Waals surface area (Å²) in [5.41, 5.74) is 0.939. The Morgan fingerprint density at radius 3 is 2.89 bits per heavy atom. The zero-order valence-electron chi connectivity index (χ0n) is 10.7. The summed E-state index contributed by atoms with van der Waals surface area (Å²) in [6.45, 7) is 5.64. The number of carbonyl (C=O) groups excluding carboxylic acids is 1. The Labute approximate surface area is 105 Å². The fourth-order valence-electron chi connectivity index (χ4n) is 1.66. The van der Waals surface area contributed by atoms with Crippen molar-refractivity contribution in [1.29, 1.82) is 0 Å². The van der Waals surface area contributed by atoms with Crippen molar-refractivity contribution in [3.05, 3.63) is 29.8 Å². The topological polar surface area (TPSA) is 73.0 Å². The molecular formula is C12H16N4O2. The molecule has 0 bridgehead atoms. The average Bonchev–Trinajstić information content (AvgIpc) is 2.87. The van der Waals surface area contributed by atoms with Crippen LogP contribution < -0.4 is 5.32 Å². The minimum atomic E-state index is -0.107. The van der Waals surface area contributed by atoms with E-state index in [-0.39, 0.29) is 11.9 Å². The number of carbonyl (C=O) groups is 1. The number of hydrogen-bond donors (Lipinski definition) is 1. The second-order valence-corrected chi connectivity index (χ2v) is 4.36. The molecule has 0 unspecified atom stereocenters. The van der Waals surface area contributed by atoms with Gasteiger partial charge in [0, 0.05) is 18.7 Å². The van der Waals surface area contributed by atoms with Crippen LogP contribution in [-0.2, 0) is 4.79 Å². The molecule has 0 fully saturated rings. The fourth-order valence-corrected chi connectivity index (χ4v) is 1.66. The second-order valence-electron chi connectivity index (χ2n) is 4.36. The Hall–Kier alpha value is -2.11. The van der Waals surface area contributed by atoms with Gasteiger partial charge in [0.1, 0.15) is 5.76 Å². The van der Waals surface area contributed by atoms with Gasteiger partial charge in [0.15, 0.2) is 5.82 Å².